The summed E-state index contributed by atoms with van der Waals surface area (Å²) < 4.78 is 0. The number of hydrogen-bond donors (Lipinski definition) is 2. The van der Waals surface area contributed by atoms with Gasteiger partial charge in [-0.05, 0) is 13.3 Å². The van der Waals surface area contributed by atoms with Gasteiger partial charge in [0.05, 0.1) is 0 Å². The van der Waals surface area contributed by atoms with E-state index in [-0.39, 0.29) is 12.5 Å². The molecule has 0 amide bonds. The van der Waals surface area contributed by atoms with E-state index >= 15 is 0 Å². The van der Waals surface area contributed by atoms with E-state index in [9.17, 15) is 5.11 Å². The minimum atomic E-state index is -0.667. The maximum Gasteiger partial charge on any atom is 0.119 e. The number of hydrogen-bond acceptors (Lipinski definition) is 2. The summed E-state index contributed by atoms with van der Waals surface area (Å²) in [5.41, 5.74) is 0. The Bertz CT molecular complexity index is 128. The molecule has 0 aliphatic heterocycles. The Morgan fingerprint density at radius 3 is 2.40 bits per heavy atom. The Morgan fingerprint density at radius 1 is 1.50 bits per heavy atom. The highest BCUT2D eigenvalue weighted by Gasteiger charge is 2.12. The predicted octanol–water partition coefficient (Wildman–Crippen LogP) is 0.389. The molecule has 0 aromatic carbocycles. The van der Waals surface area contributed by atoms with Crippen molar-refractivity contribution in [2.75, 3.05) is 6.61 Å². The molecule has 2 unspecified atom stereocenters. The number of aliphatic hydroxyl groups is 2. The van der Waals surface area contributed by atoms with Gasteiger partial charge in [0.25, 0.3) is 0 Å². The first-order valence-electron chi connectivity index (χ1n) is 3.47. The van der Waals surface area contributed by atoms with Gasteiger partial charge in [-0.2, -0.15) is 0 Å². The summed E-state index contributed by atoms with van der Waals surface area (Å²) in [6, 6.07) is 0. The van der Waals surface area contributed by atoms with Gasteiger partial charge in [-0.3, -0.25) is 0 Å². The summed E-state index contributed by atoms with van der Waals surface area (Å²) in [6.45, 7) is 3.60. The van der Waals surface area contributed by atoms with Gasteiger partial charge < -0.3 is 10.2 Å². The molecular formula is C8H14O2. The van der Waals surface area contributed by atoms with Crippen LogP contribution in [0.1, 0.15) is 20.3 Å². The molecule has 0 aliphatic rings. The van der Waals surface area contributed by atoms with Crippen LogP contribution in [0, 0.1) is 17.8 Å². The zero-order valence-electron chi connectivity index (χ0n) is 6.46. The molecule has 0 fully saturated rings. The van der Waals surface area contributed by atoms with Crippen molar-refractivity contribution >= 4 is 0 Å². The molecule has 0 saturated carbocycles. The largest absolute Gasteiger partial charge is 0.396 e. The third-order valence-corrected chi connectivity index (χ3v) is 1.50. The first kappa shape index (κ1) is 9.48. The summed E-state index contributed by atoms with van der Waals surface area (Å²) in [6.07, 6.45) is 0.0896. The van der Waals surface area contributed by atoms with E-state index < -0.39 is 6.10 Å². The lowest BCUT2D eigenvalue weighted by Crippen LogP contribution is -2.21. The first-order chi connectivity index (χ1) is 4.76. The van der Waals surface area contributed by atoms with Crippen molar-refractivity contribution in [1.29, 1.82) is 0 Å². The van der Waals surface area contributed by atoms with Crippen molar-refractivity contribution in [3.8, 4) is 11.8 Å². The molecule has 2 nitrogen and oxygen atoms in total. The molecule has 0 aromatic rings. The summed E-state index contributed by atoms with van der Waals surface area (Å²) in [5.74, 6) is 5.11. The molecule has 0 spiro atoms. The van der Waals surface area contributed by atoms with Gasteiger partial charge in [-0.15, -0.1) is 5.92 Å². The standard InChI is InChI=1S/C8H14O2/c1-3-5-8(10)7(4-2)6-9/h7-10H,4,6H2,1-2H3. The lowest BCUT2D eigenvalue weighted by atomic mass is 10.0. The van der Waals surface area contributed by atoms with E-state index in [0.29, 0.717) is 0 Å². The molecule has 2 atom stereocenters. The van der Waals surface area contributed by atoms with Crippen molar-refractivity contribution in [3.05, 3.63) is 0 Å². The van der Waals surface area contributed by atoms with Crippen molar-refractivity contribution in [1.82, 2.24) is 0 Å². The Labute approximate surface area is 61.9 Å². The molecule has 10 heavy (non-hydrogen) atoms. The maximum atomic E-state index is 9.18. The second-order valence-electron chi connectivity index (χ2n) is 2.19. The summed E-state index contributed by atoms with van der Waals surface area (Å²) >= 11 is 0. The highest BCUT2D eigenvalue weighted by Crippen LogP contribution is 2.06. The third kappa shape index (κ3) is 2.86. The fourth-order valence-corrected chi connectivity index (χ4v) is 0.718. The summed E-state index contributed by atoms with van der Waals surface area (Å²) in [4.78, 5) is 0. The lowest BCUT2D eigenvalue weighted by molar-refractivity contribution is 0.104. The zero-order valence-corrected chi connectivity index (χ0v) is 6.46. The molecule has 0 radical (unpaired) electrons. The van der Waals surface area contributed by atoms with Gasteiger partial charge in [0.15, 0.2) is 0 Å². The van der Waals surface area contributed by atoms with Crippen LogP contribution in [0.4, 0.5) is 0 Å². The minimum Gasteiger partial charge on any atom is -0.396 e. The second kappa shape index (κ2) is 5.28. The quantitative estimate of drug-likeness (QED) is 0.559. The first-order valence-corrected chi connectivity index (χ1v) is 3.47. The van der Waals surface area contributed by atoms with Gasteiger partial charge >= 0.3 is 0 Å². The second-order valence-corrected chi connectivity index (χ2v) is 2.19. The highest BCUT2D eigenvalue weighted by atomic mass is 16.3. The van der Waals surface area contributed by atoms with Gasteiger partial charge in [0, 0.05) is 12.5 Å². The monoisotopic (exact) mass is 142 g/mol. The summed E-state index contributed by atoms with van der Waals surface area (Å²) in [5, 5.41) is 17.9. The van der Waals surface area contributed by atoms with Crippen molar-refractivity contribution in [3.63, 3.8) is 0 Å². The molecule has 0 saturated heterocycles. The number of rotatable bonds is 3. The average molecular weight is 142 g/mol. The predicted molar refractivity (Wildman–Crippen MR) is 40.3 cm³/mol. The van der Waals surface area contributed by atoms with Crippen LogP contribution in [0.15, 0.2) is 0 Å². The van der Waals surface area contributed by atoms with E-state index in [0.717, 1.165) is 6.42 Å². The Balaban J connectivity index is 3.83. The molecule has 0 aromatic heterocycles. The van der Waals surface area contributed by atoms with E-state index in [1.165, 1.54) is 0 Å². The Kier molecular flexibility index (Phi) is 5.00. The van der Waals surface area contributed by atoms with Gasteiger partial charge in [-0.25, -0.2) is 0 Å². The third-order valence-electron chi connectivity index (χ3n) is 1.50. The smallest absolute Gasteiger partial charge is 0.119 e. The van der Waals surface area contributed by atoms with Crippen LogP contribution in [-0.2, 0) is 0 Å². The van der Waals surface area contributed by atoms with E-state index in [1.807, 2.05) is 6.92 Å². The van der Waals surface area contributed by atoms with Crippen molar-refractivity contribution in [2.45, 2.75) is 26.4 Å². The molecule has 58 valence electrons. The summed E-state index contributed by atoms with van der Waals surface area (Å²) in [7, 11) is 0. The molecule has 2 heteroatoms. The van der Waals surface area contributed by atoms with E-state index in [1.54, 1.807) is 6.92 Å². The van der Waals surface area contributed by atoms with Gasteiger partial charge in [0.2, 0.25) is 0 Å². The van der Waals surface area contributed by atoms with Crippen molar-refractivity contribution < 1.29 is 10.2 Å². The van der Waals surface area contributed by atoms with Gasteiger partial charge in [-0.1, -0.05) is 12.8 Å². The Hall–Kier alpha value is -0.520. The van der Waals surface area contributed by atoms with Crippen LogP contribution in [-0.4, -0.2) is 22.9 Å². The van der Waals surface area contributed by atoms with Crippen LogP contribution in [0.5, 0.6) is 0 Å². The van der Waals surface area contributed by atoms with E-state index in [4.69, 9.17) is 5.11 Å². The van der Waals surface area contributed by atoms with Crippen molar-refractivity contribution in [2.24, 2.45) is 5.92 Å². The topological polar surface area (TPSA) is 40.5 Å². The molecule has 0 rings (SSSR count). The average Bonchev–Trinajstić information content (AvgIpc) is 1.91. The molecule has 0 bridgehead atoms. The minimum absolute atomic E-state index is 0.00630. The van der Waals surface area contributed by atoms with Gasteiger partial charge in [0.1, 0.15) is 6.10 Å². The molecule has 2 N–H and O–H groups in total. The fourth-order valence-electron chi connectivity index (χ4n) is 0.718. The van der Waals surface area contributed by atoms with Crippen LogP contribution in [0.3, 0.4) is 0 Å². The van der Waals surface area contributed by atoms with Crippen LogP contribution < -0.4 is 0 Å². The highest BCUT2D eigenvalue weighted by molar-refractivity contribution is 5.03. The molecular weight excluding hydrogens is 128 g/mol. The van der Waals surface area contributed by atoms with Crippen LogP contribution >= 0.6 is 0 Å². The molecule has 0 aliphatic carbocycles. The zero-order chi connectivity index (χ0) is 7.98. The van der Waals surface area contributed by atoms with Crippen LogP contribution in [0.2, 0.25) is 0 Å². The maximum absolute atomic E-state index is 9.18. The Morgan fingerprint density at radius 2 is 2.10 bits per heavy atom. The van der Waals surface area contributed by atoms with E-state index in [2.05, 4.69) is 11.8 Å². The SMILES string of the molecule is CC#CC(O)C(CC)CO. The lowest BCUT2D eigenvalue weighted by Gasteiger charge is -2.12. The fraction of sp³-hybridized carbons (Fsp3) is 0.750. The molecule has 0 heterocycles. The van der Waals surface area contributed by atoms with Crippen LogP contribution in [0.25, 0.3) is 0 Å². The normalized spacial score (nSPS) is 15.2. The number of aliphatic hydroxyl groups excluding tert-OH is 2.